The molecule has 0 radical (unpaired) electrons. The van der Waals surface area contributed by atoms with Gasteiger partial charge in [-0.3, -0.25) is 4.79 Å². The molecule has 6 heteroatoms. The second kappa shape index (κ2) is 8.14. The number of nitrogens with zero attached hydrogens (tertiary/aromatic N) is 2. The van der Waals surface area contributed by atoms with E-state index in [0.717, 1.165) is 11.4 Å². The minimum atomic E-state index is -0.0391. The van der Waals surface area contributed by atoms with E-state index in [9.17, 15) is 4.79 Å². The van der Waals surface area contributed by atoms with Crippen LogP contribution in [0.25, 0.3) is 0 Å². The summed E-state index contributed by atoms with van der Waals surface area (Å²) in [6, 6.07) is 9.70. The number of anilines is 1. The molecule has 0 saturated carbocycles. The first-order valence-electron chi connectivity index (χ1n) is 7.18. The first-order chi connectivity index (χ1) is 10.4. The van der Waals surface area contributed by atoms with Crippen molar-refractivity contribution in [1.29, 1.82) is 0 Å². The number of rotatable bonds is 3. The first kappa shape index (κ1) is 19.2. The largest absolute Gasteiger partial charge is 0.370 e. The van der Waals surface area contributed by atoms with Gasteiger partial charge in [0.25, 0.3) is 5.56 Å². The van der Waals surface area contributed by atoms with Gasteiger partial charge in [-0.05, 0) is 56.2 Å². The molecule has 5 nitrogen and oxygen atoms in total. The molecule has 2 aromatic rings. The standard InChI is InChI=1S/C17H22N4O.HI/c1-11-5-8-15(9-12(11)2)20-17(18)19-10-14-7-6-13(3)21(4)16(14)22;/h5-9H,10H2,1-4H3,(H3,18,19,20);1H. The van der Waals surface area contributed by atoms with Crippen molar-refractivity contribution >= 4 is 35.6 Å². The van der Waals surface area contributed by atoms with Crippen molar-refractivity contribution in [3.8, 4) is 0 Å². The van der Waals surface area contributed by atoms with Crippen LogP contribution in [0.3, 0.4) is 0 Å². The summed E-state index contributed by atoms with van der Waals surface area (Å²) in [7, 11) is 1.75. The van der Waals surface area contributed by atoms with E-state index in [1.54, 1.807) is 17.7 Å². The highest BCUT2D eigenvalue weighted by Crippen LogP contribution is 2.13. The molecule has 0 spiro atoms. The molecule has 1 aromatic heterocycles. The smallest absolute Gasteiger partial charge is 0.255 e. The third-order valence-electron chi connectivity index (χ3n) is 3.83. The number of benzene rings is 1. The number of guanidine groups is 1. The second-order valence-electron chi connectivity index (χ2n) is 5.49. The van der Waals surface area contributed by atoms with Gasteiger partial charge in [0.1, 0.15) is 0 Å². The molecule has 0 aliphatic carbocycles. The minimum Gasteiger partial charge on any atom is -0.370 e. The van der Waals surface area contributed by atoms with Crippen LogP contribution in [0, 0.1) is 20.8 Å². The Morgan fingerprint density at radius 3 is 2.52 bits per heavy atom. The van der Waals surface area contributed by atoms with Crippen LogP contribution < -0.4 is 16.6 Å². The molecule has 0 unspecified atom stereocenters. The topological polar surface area (TPSA) is 72.4 Å². The summed E-state index contributed by atoms with van der Waals surface area (Å²) in [4.78, 5) is 16.3. The number of nitrogens with two attached hydrogens (primary N) is 1. The van der Waals surface area contributed by atoms with Crippen LogP contribution in [-0.2, 0) is 13.6 Å². The number of hydrogen-bond donors (Lipinski definition) is 2. The highest BCUT2D eigenvalue weighted by molar-refractivity contribution is 14.0. The predicted octanol–water partition coefficient (Wildman–Crippen LogP) is 2.86. The molecule has 0 aliphatic rings. The van der Waals surface area contributed by atoms with Gasteiger partial charge in [0.15, 0.2) is 5.96 Å². The summed E-state index contributed by atoms with van der Waals surface area (Å²) in [5.74, 6) is 0.297. The van der Waals surface area contributed by atoms with Gasteiger partial charge in [0.2, 0.25) is 0 Å². The third-order valence-corrected chi connectivity index (χ3v) is 3.83. The van der Waals surface area contributed by atoms with E-state index in [2.05, 4.69) is 17.2 Å². The molecule has 0 bridgehead atoms. The molecule has 1 aromatic carbocycles. The number of nitrogens with one attached hydrogen (secondary N) is 1. The molecule has 3 N–H and O–H groups in total. The first-order valence-corrected chi connectivity index (χ1v) is 7.18. The van der Waals surface area contributed by atoms with Crippen LogP contribution >= 0.6 is 24.0 Å². The van der Waals surface area contributed by atoms with Crippen LogP contribution in [0.15, 0.2) is 40.1 Å². The highest BCUT2D eigenvalue weighted by Gasteiger charge is 2.03. The van der Waals surface area contributed by atoms with Crippen molar-refractivity contribution in [1.82, 2.24) is 4.57 Å². The van der Waals surface area contributed by atoms with Crippen LogP contribution in [0.1, 0.15) is 22.4 Å². The summed E-state index contributed by atoms with van der Waals surface area (Å²) in [6.07, 6.45) is 0. The Bertz CT molecular complexity index is 781. The van der Waals surface area contributed by atoms with Crippen LogP contribution in [-0.4, -0.2) is 10.5 Å². The lowest BCUT2D eigenvalue weighted by Gasteiger charge is -2.08. The highest BCUT2D eigenvalue weighted by atomic mass is 127. The Labute approximate surface area is 153 Å². The van der Waals surface area contributed by atoms with E-state index in [-0.39, 0.29) is 36.1 Å². The summed E-state index contributed by atoms with van der Waals surface area (Å²) >= 11 is 0. The van der Waals surface area contributed by atoms with Crippen LogP contribution in [0.2, 0.25) is 0 Å². The van der Waals surface area contributed by atoms with Gasteiger partial charge in [-0.15, -0.1) is 24.0 Å². The number of aliphatic imine (C=N–C) groups is 1. The normalized spacial score (nSPS) is 11.0. The van der Waals surface area contributed by atoms with Crippen molar-refractivity contribution in [3.05, 3.63) is 63.1 Å². The Hall–Kier alpha value is -1.83. The van der Waals surface area contributed by atoms with Gasteiger partial charge in [-0.1, -0.05) is 6.07 Å². The lowest BCUT2D eigenvalue weighted by molar-refractivity contribution is 0.795. The summed E-state index contributed by atoms with van der Waals surface area (Å²) in [5, 5.41) is 3.04. The SMILES string of the molecule is Cc1ccc(NC(N)=NCc2ccc(C)n(C)c2=O)cc1C.I. The zero-order chi connectivity index (χ0) is 16.3. The predicted molar refractivity (Wildman–Crippen MR) is 107 cm³/mol. The van der Waals surface area contributed by atoms with Crippen molar-refractivity contribution in [2.24, 2.45) is 17.8 Å². The maximum absolute atomic E-state index is 12.1. The Morgan fingerprint density at radius 1 is 1.17 bits per heavy atom. The van der Waals surface area contributed by atoms with E-state index < -0.39 is 0 Å². The molecule has 23 heavy (non-hydrogen) atoms. The zero-order valence-electron chi connectivity index (χ0n) is 13.9. The van der Waals surface area contributed by atoms with E-state index in [0.29, 0.717) is 11.5 Å². The molecular formula is C17H23IN4O. The summed E-state index contributed by atoms with van der Waals surface area (Å²) in [6.45, 7) is 6.26. The summed E-state index contributed by atoms with van der Waals surface area (Å²) in [5.41, 5.74) is 10.7. The molecule has 1 heterocycles. The zero-order valence-corrected chi connectivity index (χ0v) is 16.2. The molecule has 0 atom stereocenters. The number of hydrogen-bond acceptors (Lipinski definition) is 2. The van der Waals surface area contributed by atoms with Crippen molar-refractivity contribution in [2.45, 2.75) is 27.3 Å². The van der Waals surface area contributed by atoms with Crippen molar-refractivity contribution in [3.63, 3.8) is 0 Å². The molecular weight excluding hydrogens is 403 g/mol. The number of aromatic nitrogens is 1. The lowest BCUT2D eigenvalue weighted by Crippen LogP contribution is -2.25. The fourth-order valence-electron chi connectivity index (χ4n) is 2.08. The fraction of sp³-hybridized carbons (Fsp3) is 0.294. The fourth-order valence-corrected chi connectivity index (χ4v) is 2.08. The van der Waals surface area contributed by atoms with E-state index in [1.165, 1.54) is 11.1 Å². The van der Waals surface area contributed by atoms with Gasteiger partial charge in [0.05, 0.1) is 6.54 Å². The molecule has 0 aliphatic heterocycles. The maximum atomic E-state index is 12.1. The Balaban J connectivity index is 0.00000264. The van der Waals surface area contributed by atoms with Crippen molar-refractivity contribution in [2.75, 3.05) is 5.32 Å². The monoisotopic (exact) mass is 426 g/mol. The molecule has 124 valence electrons. The van der Waals surface area contributed by atoms with Gasteiger partial charge in [-0.2, -0.15) is 0 Å². The van der Waals surface area contributed by atoms with E-state index >= 15 is 0 Å². The minimum absolute atomic E-state index is 0. The average Bonchev–Trinajstić information content (AvgIpc) is 2.48. The molecule has 2 rings (SSSR count). The van der Waals surface area contributed by atoms with E-state index in [4.69, 9.17) is 5.73 Å². The van der Waals surface area contributed by atoms with Crippen molar-refractivity contribution < 1.29 is 0 Å². The third kappa shape index (κ3) is 4.82. The summed E-state index contributed by atoms with van der Waals surface area (Å²) < 4.78 is 1.61. The van der Waals surface area contributed by atoms with Gasteiger partial charge >= 0.3 is 0 Å². The number of halogens is 1. The molecule has 0 fully saturated rings. The second-order valence-corrected chi connectivity index (χ2v) is 5.49. The van der Waals surface area contributed by atoms with Gasteiger partial charge in [-0.25, -0.2) is 4.99 Å². The van der Waals surface area contributed by atoms with E-state index in [1.807, 2.05) is 38.1 Å². The number of aryl methyl sites for hydroxylation is 3. The molecule has 0 amide bonds. The number of pyridine rings is 1. The lowest BCUT2D eigenvalue weighted by atomic mass is 10.1. The Morgan fingerprint density at radius 2 is 1.87 bits per heavy atom. The average molecular weight is 426 g/mol. The quantitative estimate of drug-likeness (QED) is 0.451. The maximum Gasteiger partial charge on any atom is 0.255 e. The Kier molecular flexibility index (Phi) is 6.80. The van der Waals surface area contributed by atoms with Crippen LogP contribution in [0.5, 0.6) is 0 Å². The van der Waals surface area contributed by atoms with Gasteiger partial charge < -0.3 is 15.6 Å². The van der Waals surface area contributed by atoms with Gasteiger partial charge in [0, 0.05) is 24.0 Å². The molecule has 0 saturated heterocycles. The van der Waals surface area contributed by atoms with Crippen LogP contribution in [0.4, 0.5) is 5.69 Å².